The second-order valence-electron chi connectivity index (χ2n) is 4.11. The highest BCUT2D eigenvalue weighted by molar-refractivity contribution is 9.11. The zero-order valence-corrected chi connectivity index (χ0v) is 16.0. The van der Waals surface area contributed by atoms with Gasteiger partial charge in [0.1, 0.15) is 0 Å². The maximum absolute atomic E-state index is 5.85. The van der Waals surface area contributed by atoms with Crippen LogP contribution in [0.5, 0.6) is 0 Å². The molecule has 0 amide bonds. The molecule has 0 unspecified atom stereocenters. The SMILES string of the molecule is Nc1cc(Br)c(Cc2cc(Br)c(N)cc2Br)cc1Br. The summed E-state index contributed by atoms with van der Waals surface area (Å²) in [6.07, 6.45) is 0.777. The first-order chi connectivity index (χ1) is 8.88. The molecule has 4 N–H and O–H groups in total. The summed E-state index contributed by atoms with van der Waals surface area (Å²) in [5, 5.41) is 0. The first kappa shape index (κ1) is 15.4. The number of hydrogen-bond donors (Lipinski definition) is 2. The van der Waals surface area contributed by atoms with Crippen LogP contribution >= 0.6 is 63.7 Å². The van der Waals surface area contributed by atoms with Crippen molar-refractivity contribution in [2.75, 3.05) is 11.5 Å². The summed E-state index contributed by atoms with van der Waals surface area (Å²) in [6, 6.07) is 7.85. The molecule has 0 saturated heterocycles. The Morgan fingerprint density at radius 1 is 0.632 bits per heavy atom. The van der Waals surface area contributed by atoms with E-state index in [0.29, 0.717) is 11.4 Å². The van der Waals surface area contributed by atoms with Crippen LogP contribution < -0.4 is 11.5 Å². The molecule has 2 aromatic rings. The Hall–Kier alpha value is -0.0400. The van der Waals surface area contributed by atoms with Gasteiger partial charge in [0, 0.05) is 29.3 Å². The van der Waals surface area contributed by atoms with E-state index in [9.17, 15) is 0 Å². The smallest absolute Gasteiger partial charge is 0.0470 e. The number of rotatable bonds is 2. The summed E-state index contributed by atoms with van der Waals surface area (Å²) < 4.78 is 3.79. The molecule has 0 spiro atoms. The molecule has 2 nitrogen and oxygen atoms in total. The quantitative estimate of drug-likeness (QED) is 0.522. The molecule has 0 fully saturated rings. The van der Waals surface area contributed by atoms with Crippen LogP contribution in [0.2, 0.25) is 0 Å². The molecule has 100 valence electrons. The van der Waals surface area contributed by atoms with Gasteiger partial charge in [-0.25, -0.2) is 0 Å². The standard InChI is InChI=1S/C13H10Br4N2/c14-8-4-12(18)10(16)2-6(8)1-7-3-11(17)13(19)5-9(7)15/h2-5H,1,18-19H2. The van der Waals surface area contributed by atoms with Crippen molar-refractivity contribution in [2.24, 2.45) is 0 Å². The van der Waals surface area contributed by atoms with Gasteiger partial charge in [-0.2, -0.15) is 0 Å². The second kappa shape index (κ2) is 6.16. The van der Waals surface area contributed by atoms with Crippen LogP contribution in [0.15, 0.2) is 42.2 Å². The van der Waals surface area contributed by atoms with Crippen molar-refractivity contribution < 1.29 is 0 Å². The topological polar surface area (TPSA) is 52.0 Å². The largest absolute Gasteiger partial charge is 0.398 e. The second-order valence-corrected chi connectivity index (χ2v) is 7.52. The van der Waals surface area contributed by atoms with Crippen LogP contribution in [0.1, 0.15) is 11.1 Å². The average molecular weight is 514 g/mol. The van der Waals surface area contributed by atoms with Crippen molar-refractivity contribution in [3.63, 3.8) is 0 Å². The summed E-state index contributed by atoms with van der Waals surface area (Å²) in [5.74, 6) is 0. The van der Waals surface area contributed by atoms with Gasteiger partial charge in [0.05, 0.1) is 0 Å². The van der Waals surface area contributed by atoms with Crippen LogP contribution in [0.3, 0.4) is 0 Å². The fourth-order valence-electron chi connectivity index (χ4n) is 1.68. The van der Waals surface area contributed by atoms with Crippen molar-refractivity contribution in [3.8, 4) is 0 Å². The first-order valence-corrected chi connectivity index (χ1v) is 8.52. The monoisotopic (exact) mass is 510 g/mol. The van der Waals surface area contributed by atoms with E-state index in [2.05, 4.69) is 63.7 Å². The molecule has 0 heterocycles. The highest BCUT2D eigenvalue weighted by Crippen LogP contribution is 2.33. The number of halogens is 4. The number of benzene rings is 2. The molecule has 0 bridgehead atoms. The summed E-state index contributed by atoms with van der Waals surface area (Å²) >= 11 is 14.0. The maximum atomic E-state index is 5.85. The van der Waals surface area contributed by atoms with Crippen molar-refractivity contribution in [1.82, 2.24) is 0 Å². The van der Waals surface area contributed by atoms with Crippen molar-refractivity contribution >= 4 is 75.1 Å². The highest BCUT2D eigenvalue weighted by atomic mass is 79.9. The van der Waals surface area contributed by atoms with Crippen LogP contribution in [-0.2, 0) is 6.42 Å². The van der Waals surface area contributed by atoms with Crippen molar-refractivity contribution in [3.05, 3.63) is 53.3 Å². The zero-order chi connectivity index (χ0) is 14.2. The molecule has 0 saturated carbocycles. The molecule has 0 aromatic heterocycles. The fraction of sp³-hybridized carbons (Fsp3) is 0.0769. The van der Waals surface area contributed by atoms with Gasteiger partial charge >= 0.3 is 0 Å². The molecule has 0 aliphatic heterocycles. The Bertz CT molecular complexity index is 586. The molecular weight excluding hydrogens is 504 g/mol. The van der Waals surface area contributed by atoms with Gasteiger partial charge in [-0.15, -0.1) is 0 Å². The Labute approximate surface area is 145 Å². The van der Waals surface area contributed by atoms with Crippen LogP contribution in [-0.4, -0.2) is 0 Å². The molecule has 0 aliphatic carbocycles. The lowest BCUT2D eigenvalue weighted by Crippen LogP contribution is -1.96. The van der Waals surface area contributed by atoms with Crippen LogP contribution in [0, 0.1) is 0 Å². The third-order valence-electron chi connectivity index (χ3n) is 2.71. The van der Waals surface area contributed by atoms with Crippen LogP contribution in [0.25, 0.3) is 0 Å². The zero-order valence-electron chi connectivity index (χ0n) is 9.68. The number of anilines is 2. The van der Waals surface area contributed by atoms with Gasteiger partial charge in [-0.1, -0.05) is 31.9 Å². The third kappa shape index (κ3) is 3.54. The molecule has 19 heavy (non-hydrogen) atoms. The van der Waals surface area contributed by atoms with E-state index >= 15 is 0 Å². The predicted octanol–water partition coefficient (Wildman–Crippen LogP) is 5.49. The molecule has 2 rings (SSSR count). The Balaban J connectivity index is 2.42. The van der Waals surface area contributed by atoms with E-state index in [1.54, 1.807) is 0 Å². The van der Waals surface area contributed by atoms with Crippen molar-refractivity contribution in [2.45, 2.75) is 6.42 Å². The van der Waals surface area contributed by atoms with Gasteiger partial charge in [0.25, 0.3) is 0 Å². The minimum absolute atomic E-state index is 0.716. The van der Waals surface area contributed by atoms with Gasteiger partial charge in [-0.3, -0.25) is 0 Å². The van der Waals surface area contributed by atoms with E-state index in [0.717, 1.165) is 35.4 Å². The minimum atomic E-state index is 0.716. The number of hydrogen-bond acceptors (Lipinski definition) is 2. The first-order valence-electron chi connectivity index (χ1n) is 5.35. The highest BCUT2D eigenvalue weighted by Gasteiger charge is 2.10. The van der Waals surface area contributed by atoms with Gasteiger partial charge in [0.2, 0.25) is 0 Å². The van der Waals surface area contributed by atoms with Gasteiger partial charge in [0.15, 0.2) is 0 Å². The summed E-state index contributed by atoms with van der Waals surface area (Å²) in [4.78, 5) is 0. The molecular formula is C13H10Br4N2. The predicted molar refractivity (Wildman–Crippen MR) is 95.3 cm³/mol. The molecule has 0 aliphatic rings. The maximum Gasteiger partial charge on any atom is 0.0470 e. The Morgan fingerprint density at radius 2 is 1.00 bits per heavy atom. The summed E-state index contributed by atoms with van der Waals surface area (Å²) in [6.45, 7) is 0. The fourth-order valence-corrected chi connectivity index (χ4v) is 3.47. The van der Waals surface area contributed by atoms with Gasteiger partial charge < -0.3 is 11.5 Å². The van der Waals surface area contributed by atoms with Crippen LogP contribution in [0.4, 0.5) is 11.4 Å². The minimum Gasteiger partial charge on any atom is -0.398 e. The number of nitrogen functional groups attached to an aromatic ring is 2. The van der Waals surface area contributed by atoms with E-state index in [-0.39, 0.29) is 0 Å². The van der Waals surface area contributed by atoms with E-state index < -0.39 is 0 Å². The van der Waals surface area contributed by atoms with E-state index in [4.69, 9.17) is 11.5 Å². The Kier molecular flexibility index (Phi) is 4.98. The molecule has 0 atom stereocenters. The lowest BCUT2D eigenvalue weighted by Gasteiger charge is -2.11. The Morgan fingerprint density at radius 3 is 1.37 bits per heavy atom. The third-order valence-corrected chi connectivity index (χ3v) is 5.56. The lowest BCUT2D eigenvalue weighted by atomic mass is 10.0. The van der Waals surface area contributed by atoms with E-state index in [1.165, 1.54) is 0 Å². The molecule has 2 aromatic carbocycles. The molecule has 0 radical (unpaired) electrons. The normalized spacial score (nSPS) is 10.7. The van der Waals surface area contributed by atoms with E-state index in [1.807, 2.05) is 24.3 Å². The summed E-state index contributed by atoms with van der Waals surface area (Å²) in [5.41, 5.74) is 15.4. The molecule has 6 heteroatoms. The number of nitrogens with two attached hydrogens (primary N) is 2. The van der Waals surface area contributed by atoms with Gasteiger partial charge in [-0.05, 0) is 73.7 Å². The average Bonchev–Trinajstić information content (AvgIpc) is 2.32. The van der Waals surface area contributed by atoms with Crippen molar-refractivity contribution in [1.29, 1.82) is 0 Å². The lowest BCUT2D eigenvalue weighted by molar-refractivity contribution is 1.16. The summed E-state index contributed by atoms with van der Waals surface area (Å²) in [7, 11) is 0.